The molecule has 0 saturated heterocycles. The molecule has 2 amide bonds. The highest BCUT2D eigenvalue weighted by molar-refractivity contribution is 5.88. The van der Waals surface area contributed by atoms with Crippen molar-refractivity contribution in [2.45, 2.75) is 40.2 Å². The lowest BCUT2D eigenvalue weighted by molar-refractivity contribution is 0.194. The normalized spacial score (nSPS) is 13.2. The van der Waals surface area contributed by atoms with Gasteiger partial charge >= 0.3 is 6.03 Å². The second-order valence-corrected chi connectivity index (χ2v) is 5.82. The number of urea groups is 1. The summed E-state index contributed by atoms with van der Waals surface area (Å²) in [6.07, 6.45) is 0.529. The molecule has 0 unspecified atom stereocenters. The molecule has 6 heteroatoms. The maximum atomic E-state index is 12.0. The standard InChI is InChI=1S/C13H24N4O2/c1-9-8-11(17(5)16-9)15-12(19)14-10(6-7-18)13(2,3)4/h8,10,18H,6-7H2,1-5H3,(H2,14,15,19)/t10-/m1/s1. The topological polar surface area (TPSA) is 79.2 Å². The summed E-state index contributed by atoms with van der Waals surface area (Å²) in [6, 6.07) is 1.43. The Kier molecular flexibility index (Phi) is 4.94. The van der Waals surface area contributed by atoms with Crippen LogP contribution in [0.3, 0.4) is 0 Å². The van der Waals surface area contributed by atoms with Crippen LogP contribution in [0, 0.1) is 12.3 Å². The fourth-order valence-corrected chi connectivity index (χ4v) is 1.89. The molecule has 0 saturated carbocycles. The highest BCUT2D eigenvalue weighted by Gasteiger charge is 2.25. The number of aliphatic hydroxyl groups is 1. The Morgan fingerprint density at radius 3 is 2.58 bits per heavy atom. The predicted octanol–water partition coefficient (Wildman–Crippen LogP) is 1.65. The number of aliphatic hydroxyl groups excluding tert-OH is 1. The van der Waals surface area contributed by atoms with Gasteiger partial charge in [0.05, 0.1) is 5.69 Å². The second kappa shape index (κ2) is 6.06. The third-order valence-electron chi connectivity index (χ3n) is 3.01. The summed E-state index contributed by atoms with van der Waals surface area (Å²) in [5.41, 5.74) is 0.739. The van der Waals surface area contributed by atoms with Gasteiger partial charge in [0.1, 0.15) is 5.82 Å². The van der Waals surface area contributed by atoms with Crippen LogP contribution in [-0.4, -0.2) is 33.6 Å². The molecule has 0 aliphatic carbocycles. The summed E-state index contributed by atoms with van der Waals surface area (Å²) in [5, 5.41) is 18.9. The molecule has 19 heavy (non-hydrogen) atoms. The van der Waals surface area contributed by atoms with Gasteiger partial charge < -0.3 is 10.4 Å². The van der Waals surface area contributed by atoms with Crippen LogP contribution in [0.15, 0.2) is 6.07 Å². The van der Waals surface area contributed by atoms with Gasteiger partial charge in [-0.25, -0.2) is 4.79 Å². The molecule has 0 aromatic carbocycles. The minimum atomic E-state index is -0.281. The molecule has 0 aliphatic rings. The van der Waals surface area contributed by atoms with Gasteiger partial charge in [-0.3, -0.25) is 10.00 Å². The monoisotopic (exact) mass is 268 g/mol. The van der Waals surface area contributed by atoms with E-state index in [1.807, 2.05) is 27.7 Å². The molecule has 0 spiro atoms. The zero-order chi connectivity index (χ0) is 14.6. The summed E-state index contributed by atoms with van der Waals surface area (Å²) in [6.45, 7) is 8.01. The number of carbonyl (C=O) groups excluding carboxylic acids is 1. The smallest absolute Gasteiger partial charge is 0.320 e. The summed E-state index contributed by atoms with van der Waals surface area (Å²) < 4.78 is 1.62. The van der Waals surface area contributed by atoms with Gasteiger partial charge in [0.25, 0.3) is 0 Å². The van der Waals surface area contributed by atoms with E-state index in [4.69, 9.17) is 5.11 Å². The highest BCUT2D eigenvalue weighted by Crippen LogP contribution is 2.21. The maximum Gasteiger partial charge on any atom is 0.320 e. The van der Waals surface area contributed by atoms with E-state index in [1.165, 1.54) is 0 Å². The van der Waals surface area contributed by atoms with E-state index in [-0.39, 0.29) is 24.1 Å². The second-order valence-electron chi connectivity index (χ2n) is 5.82. The largest absolute Gasteiger partial charge is 0.396 e. The van der Waals surface area contributed by atoms with Crippen LogP contribution in [0.4, 0.5) is 10.6 Å². The number of nitrogens with zero attached hydrogens (tertiary/aromatic N) is 2. The Balaban J connectivity index is 2.65. The van der Waals surface area contributed by atoms with Crippen LogP contribution >= 0.6 is 0 Å². The van der Waals surface area contributed by atoms with E-state index >= 15 is 0 Å². The molecule has 1 aromatic rings. The minimum absolute atomic E-state index is 0.0486. The van der Waals surface area contributed by atoms with Crippen molar-refractivity contribution in [1.82, 2.24) is 15.1 Å². The zero-order valence-corrected chi connectivity index (χ0v) is 12.3. The first-order valence-corrected chi connectivity index (χ1v) is 6.43. The zero-order valence-electron chi connectivity index (χ0n) is 12.3. The average Bonchev–Trinajstić information content (AvgIpc) is 2.55. The summed E-state index contributed by atoms with van der Waals surface area (Å²) in [4.78, 5) is 12.0. The fraction of sp³-hybridized carbons (Fsp3) is 0.692. The van der Waals surface area contributed by atoms with Gasteiger partial charge in [-0.2, -0.15) is 5.10 Å². The number of anilines is 1. The molecule has 3 N–H and O–H groups in total. The van der Waals surface area contributed by atoms with Gasteiger partial charge in [0.2, 0.25) is 0 Å². The number of aromatic nitrogens is 2. The summed E-state index contributed by atoms with van der Waals surface area (Å²) >= 11 is 0. The first-order chi connectivity index (χ1) is 8.74. The van der Waals surface area contributed by atoms with E-state index in [1.54, 1.807) is 17.8 Å². The van der Waals surface area contributed by atoms with Crippen molar-refractivity contribution in [3.8, 4) is 0 Å². The molecular formula is C13H24N4O2. The van der Waals surface area contributed by atoms with Gasteiger partial charge in [0, 0.05) is 25.8 Å². The molecule has 0 radical (unpaired) electrons. The Morgan fingerprint density at radius 2 is 2.16 bits per heavy atom. The first kappa shape index (κ1) is 15.5. The first-order valence-electron chi connectivity index (χ1n) is 6.43. The van der Waals surface area contributed by atoms with Crippen molar-refractivity contribution in [3.05, 3.63) is 11.8 Å². The maximum absolute atomic E-state index is 12.0. The Hall–Kier alpha value is -1.56. The number of nitrogens with one attached hydrogen (secondary N) is 2. The Morgan fingerprint density at radius 1 is 1.53 bits per heavy atom. The number of carbonyl (C=O) groups is 1. The van der Waals surface area contributed by atoms with Crippen LogP contribution in [0.25, 0.3) is 0 Å². The molecular weight excluding hydrogens is 244 g/mol. The van der Waals surface area contributed by atoms with Crippen molar-refractivity contribution < 1.29 is 9.90 Å². The molecule has 1 atom stereocenters. The van der Waals surface area contributed by atoms with Crippen molar-refractivity contribution in [3.63, 3.8) is 0 Å². The summed E-state index contributed by atoms with van der Waals surface area (Å²) in [7, 11) is 1.78. The quantitative estimate of drug-likeness (QED) is 0.777. The fourth-order valence-electron chi connectivity index (χ4n) is 1.89. The van der Waals surface area contributed by atoms with Crippen LogP contribution in [-0.2, 0) is 7.05 Å². The molecule has 108 valence electrons. The predicted molar refractivity (Wildman–Crippen MR) is 75.0 cm³/mol. The number of hydrogen-bond acceptors (Lipinski definition) is 3. The number of rotatable bonds is 4. The van der Waals surface area contributed by atoms with Crippen molar-refractivity contribution in [2.75, 3.05) is 11.9 Å². The molecule has 1 rings (SSSR count). The van der Waals surface area contributed by atoms with E-state index in [2.05, 4.69) is 15.7 Å². The lowest BCUT2D eigenvalue weighted by Gasteiger charge is -2.31. The lowest BCUT2D eigenvalue weighted by Crippen LogP contribution is -2.46. The highest BCUT2D eigenvalue weighted by atomic mass is 16.3. The van der Waals surface area contributed by atoms with E-state index in [0.29, 0.717) is 12.2 Å². The average molecular weight is 268 g/mol. The molecule has 1 heterocycles. The van der Waals surface area contributed by atoms with Crippen LogP contribution in [0.5, 0.6) is 0 Å². The minimum Gasteiger partial charge on any atom is -0.396 e. The third kappa shape index (κ3) is 4.55. The van der Waals surface area contributed by atoms with E-state index < -0.39 is 0 Å². The van der Waals surface area contributed by atoms with Gasteiger partial charge in [-0.15, -0.1) is 0 Å². The molecule has 6 nitrogen and oxygen atoms in total. The van der Waals surface area contributed by atoms with Crippen LogP contribution in [0.2, 0.25) is 0 Å². The Bertz CT molecular complexity index is 434. The van der Waals surface area contributed by atoms with Crippen LogP contribution in [0.1, 0.15) is 32.9 Å². The lowest BCUT2D eigenvalue weighted by atomic mass is 9.85. The van der Waals surface area contributed by atoms with Crippen molar-refractivity contribution in [1.29, 1.82) is 0 Å². The molecule has 0 aliphatic heterocycles. The van der Waals surface area contributed by atoms with Gasteiger partial charge in [-0.1, -0.05) is 20.8 Å². The van der Waals surface area contributed by atoms with Crippen molar-refractivity contribution in [2.24, 2.45) is 12.5 Å². The Labute approximate surface area is 114 Å². The SMILES string of the molecule is Cc1cc(NC(=O)N[C@H](CCO)C(C)(C)C)n(C)n1. The van der Waals surface area contributed by atoms with Crippen LogP contribution < -0.4 is 10.6 Å². The van der Waals surface area contributed by atoms with Gasteiger partial charge in [0.15, 0.2) is 0 Å². The summed E-state index contributed by atoms with van der Waals surface area (Å²) in [5.74, 6) is 0.645. The molecule has 0 bridgehead atoms. The number of aryl methyl sites for hydroxylation is 2. The third-order valence-corrected chi connectivity index (χ3v) is 3.01. The molecule has 1 aromatic heterocycles. The number of amides is 2. The molecule has 0 fully saturated rings. The van der Waals surface area contributed by atoms with Gasteiger partial charge in [-0.05, 0) is 18.8 Å². The van der Waals surface area contributed by atoms with E-state index in [0.717, 1.165) is 5.69 Å². The number of hydrogen-bond donors (Lipinski definition) is 3. The van der Waals surface area contributed by atoms with E-state index in [9.17, 15) is 4.79 Å². The van der Waals surface area contributed by atoms with Crippen molar-refractivity contribution >= 4 is 11.8 Å².